The summed E-state index contributed by atoms with van der Waals surface area (Å²) in [6.07, 6.45) is 5.36. The number of hydrogen-bond acceptors (Lipinski definition) is 9. The first kappa shape index (κ1) is 32.5. The van der Waals surface area contributed by atoms with Gasteiger partial charge in [0.1, 0.15) is 18.1 Å². The zero-order valence-electron chi connectivity index (χ0n) is 21.5. The van der Waals surface area contributed by atoms with E-state index in [4.69, 9.17) is 22.9 Å². The van der Waals surface area contributed by atoms with E-state index in [1.807, 2.05) is 0 Å². The highest BCUT2D eigenvalue weighted by Crippen LogP contribution is 2.07. The molecule has 15 heteroatoms. The molecule has 0 bridgehead atoms. The molecule has 1 aromatic heterocycles. The van der Waals surface area contributed by atoms with Crippen LogP contribution in [0.4, 0.5) is 0 Å². The fourth-order valence-electron chi connectivity index (χ4n) is 3.59. The molecule has 0 saturated heterocycles. The van der Waals surface area contributed by atoms with Crippen molar-refractivity contribution in [1.29, 1.82) is 0 Å². The van der Waals surface area contributed by atoms with Crippen LogP contribution in [0.3, 0.4) is 0 Å². The van der Waals surface area contributed by atoms with Crippen LogP contribution in [0.1, 0.15) is 57.1 Å². The molecule has 0 saturated carbocycles. The lowest BCUT2D eigenvalue weighted by Crippen LogP contribution is -2.57. The minimum atomic E-state index is -1.21. The van der Waals surface area contributed by atoms with Crippen molar-refractivity contribution in [2.24, 2.45) is 22.9 Å². The summed E-state index contributed by atoms with van der Waals surface area (Å²) >= 11 is 0. The molecule has 15 nitrogen and oxygen atoms in total. The van der Waals surface area contributed by atoms with Gasteiger partial charge in [0.25, 0.3) is 0 Å². The normalized spacial score (nSPS) is 14.1. The van der Waals surface area contributed by atoms with Gasteiger partial charge in [-0.15, -0.1) is 0 Å². The molecule has 0 radical (unpaired) electrons. The second-order valence-electron chi connectivity index (χ2n) is 8.98. The van der Waals surface area contributed by atoms with Crippen molar-refractivity contribution in [1.82, 2.24) is 25.9 Å². The van der Waals surface area contributed by atoms with Crippen LogP contribution < -0.4 is 38.9 Å². The third-order valence-electron chi connectivity index (χ3n) is 5.79. The van der Waals surface area contributed by atoms with Crippen LogP contribution in [0.2, 0.25) is 0 Å². The first-order valence-electron chi connectivity index (χ1n) is 12.6. The molecular weight excluding hydrogens is 498 g/mol. The predicted molar refractivity (Wildman–Crippen MR) is 138 cm³/mol. The average molecular weight is 540 g/mol. The van der Waals surface area contributed by atoms with Gasteiger partial charge >= 0.3 is 5.97 Å². The number of nitrogens with zero attached hydrogens (tertiary/aromatic N) is 1. The molecule has 0 fully saturated rings. The number of hydrogen-bond donors (Lipinski definition) is 9. The molecule has 1 heterocycles. The lowest BCUT2D eigenvalue weighted by molar-refractivity contribution is -0.142. The molecule has 0 aromatic carbocycles. The van der Waals surface area contributed by atoms with E-state index in [2.05, 4.69) is 25.9 Å². The Kier molecular flexibility index (Phi) is 15.2. The number of aromatic nitrogens is 2. The third-order valence-corrected chi connectivity index (χ3v) is 5.79. The van der Waals surface area contributed by atoms with Crippen LogP contribution in [-0.2, 0) is 30.4 Å². The van der Waals surface area contributed by atoms with Gasteiger partial charge in [-0.3, -0.25) is 19.2 Å². The Morgan fingerprint density at radius 3 is 1.92 bits per heavy atom. The highest BCUT2D eigenvalue weighted by molar-refractivity contribution is 5.94. The highest BCUT2D eigenvalue weighted by atomic mass is 16.4. The number of rotatable bonds is 20. The third kappa shape index (κ3) is 12.6. The molecule has 13 N–H and O–H groups in total. The monoisotopic (exact) mass is 539 g/mol. The van der Waals surface area contributed by atoms with Gasteiger partial charge in [-0.2, -0.15) is 0 Å². The molecule has 0 aliphatic carbocycles. The number of imidazole rings is 1. The standard InChI is InChI=1S/C23H41N9O6/c24-9-3-1-5-16(30-20(34)15(26)7-8-19(27)33)21(35)32-18(11-14-12-28-13-29-14)22(36)31-17(23(37)38)6-2-4-10-25/h12-13,15-18H,1-11,24-26H2,(H2,27,33)(H,28,29)(H,30,34)(H,31,36)(H,32,35)(H,37,38). The van der Waals surface area contributed by atoms with Gasteiger partial charge in [-0.1, -0.05) is 0 Å². The summed E-state index contributed by atoms with van der Waals surface area (Å²) in [4.78, 5) is 68.3. The number of amides is 4. The zero-order valence-corrected chi connectivity index (χ0v) is 21.5. The molecule has 0 aliphatic heterocycles. The lowest BCUT2D eigenvalue weighted by atomic mass is 10.0. The average Bonchev–Trinajstić information content (AvgIpc) is 3.38. The Balaban J connectivity index is 3.02. The Hall–Kier alpha value is -3.56. The summed E-state index contributed by atoms with van der Waals surface area (Å²) in [5.41, 5.74) is 22.5. The molecule has 0 aliphatic rings. The molecule has 4 unspecified atom stereocenters. The number of carboxylic acids is 1. The van der Waals surface area contributed by atoms with E-state index in [9.17, 15) is 29.1 Å². The molecular formula is C23H41N9O6. The Morgan fingerprint density at radius 2 is 1.39 bits per heavy atom. The van der Waals surface area contributed by atoms with E-state index in [1.54, 1.807) is 0 Å². The summed E-state index contributed by atoms with van der Waals surface area (Å²) < 4.78 is 0. The van der Waals surface area contributed by atoms with E-state index in [1.165, 1.54) is 12.5 Å². The van der Waals surface area contributed by atoms with Crippen molar-refractivity contribution < 1.29 is 29.1 Å². The highest BCUT2D eigenvalue weighted by Gasteiger charge is 2.30. The fourth-order valence-corrected chi connectivity index (χ4v) is 3.59. The number of carbonyl (C=O) groups is 5. The van der Waals surface area contributed by atoms with Gasteiger partial charge in [-0.25, -0.2) is 9.78 Å². The maximum absolute atomic E-state index is 13.2. The molecule has 4 amide bonds. The second kappa shape index (κ2) is 17.8. The molecule has 1 rings (SSSR count). The number of primary amides is 1. The van der Waals surface area contributed by atoms with Crippen LogP contribution in [0.5, 0.6) is 0 Å². The van der Waals surface area contributed by atoms with Gasteiger partial charge in [0.05, 0.1) is 12.4 Å². The summed E-state index contributed by atoms with van der Waals surface area (Å²) in [6, 6.07) is -4.46. The summed E-state index contributed by atoms with van der Waals surface area (Å²) in [5.74, 6) is -3.84. The van der Waals surface area contributed by atoms with Crippen LogP contribution >= 0.6 is 0 Å². The Labute approximate surface area is 221 Å². The smallest absolute Gasteiger partial charge is 0.326 e. The largest absolute Gasteiger partial charge is 0.480 e. The van der Waals surface area contributed by atoms with E-state index < -0.39 is 53.8 Å². The van der Waals surface area contributed by atoms with E-state index in [-0.39, 0.29) is 32.1 Å². The van der Waals surface area contributed by atoms with Gasteiger partial charge in [0, 0.05) is 24.7 Å². The number of carboxylic acid groups (broad SMARTS) is 1. The topological polar surface area (TPSA) is 274 Å². The maximum atomic E-state index is 13.2. The quantitative estimate of drug-likeness (QED) is 0.0775. The number of nitrogens with two attached hydrogens (primary N) is 4. The number of unbranched alkanes of at least 4 members (excludes halogenated alkanes) is 2. The van der Waals surface area contributed by atoms with Crippen LogP contribution in [0.15, 0.2) is 12.5 Å². The first-order chi connectivity index (χ1) is 18.1. The maximum Gasteiger partial charge on any atom is 0.326 e. The summed E-state index contributed by atoms with van der Waals surface area (Å²) in [7, 11) is 0. The number of carbonyl (C=O) groups excluding carboxylic acids is 4. The minimum absolute atomic E-state index is 0.00386. The fraction of sp³-hybridized carbons (Fsp3) is 0.652. The van der Waals surface area contributed by atoms with Crippen LogP contribution in [-0.4, -0.2) is 81.9 Å². The van der Waals surface area contributed by atoms with E-state index in [0.717, 1.165) is 0 Å². The Morgan fingerprint density at radius 1 is 0.842 bits per heavy atom. The SMILES string of the molecule is NCCCCC(NC(=O)C(Cc1cnc[nH]1)NC(=O)C(CCCCN)NC(=O)C(N)CCC(N)=O)C(=O)O. The van der Waals surface area contributed by atoms with Gasteiger partial charge in [-0.05, 0) is 58.0 Å². The Bertz CT molecular complexity index is 896. The molecule has 4 atom stereocenters. The zero-order chi connectivity index (χ0) is 28.5. The molecule has 214 valence electrons. The second-order valence-corrected chi connectivity index (χ2v) is 8.98. The van der Waals surface area contributed by atoms with Crippen LogP contribution in [0.25, 0.3) is 0 Å². The molecule has 38 heavy (non-hydrogen) atoms. The van der Waals surface area contributed by atoms with Crippen molar-refractivity contribution in [2.75, 3.05) is 13.1 Å². The van der Waals surface area contributed by atoms with Crippen molar-refractivity contribution in [3.63, 3.8) is 0 Å². The molecule has 0 spiro atoms. The molecule has 1 aromatic rings. The first-order valence-corrected chi connectivity index (χ1v) is 12.6. The number of aromatic amines is 1. The van der Waals surface area contributed by atoms with Crippen molar-refractivity contribution >= 4 is 29.6 Å². The van der Waals surface area contributed by atoms with E-state index in [0.29, 0.717) is 44.5 Å². The van der Waals surface area contributed by atoms with Gasteiger partial charge in [0.2, 0.25) is 23.6 Å². The van der Waals surface area contributed by atoms with Gasteiger partial charge in [0.15, 0.2) is 0 Å². The van der Waals surface area contributed by atoms with Crippen molar-refractivity contribution in [3.05, 3.63) is 18.2 Å². The minimum Gasteiger partial charge on any atom is -0.480 e. The number of aliphatic carboxylic acids is 1. The van der Waals surface area contributed by atoms with E-state index >= 15 is 0 Å². The van der Waals surface area contributed by atoms with Crippen molar-refractivity contribution in [2.45, 2.75) is 82.0 Å². The van der Waals surface area contributed by atoms with Crippen LogP contribution in [0, 0.1) is 0 Å². The number of H-pyrrole nitrogens is 1. The predicted octanol–water partition coefficient (Wildman–Crippen LogP) is -2.66. The summed E-state index contributed by atoms with van der Waals surface area (Å²) in [5, 5.41) is 17.2. The number of nitrogens with one attached hydrogen (secondary N) is 4. The lowest BCUT2D eigenvalue weighted by Gasteiger charge is -2.25. The summed E-state index contributed by atoms with van der Waals surface area (Å²) in [6.45, 7) is 0.772. The van der Waals surface area contributed by atoms with Crippen molar-refractivity contribution in [3.8, 4) is 0 Å². The van der Waals surface area contributed by atoms with Gasteiger partial charge < -0.3 is 49.0 Å².